The Bertz CT molecular complexity index is 866. The Morgan fingerprint density at radius 3 is 2.66 bits per heavy atom. The van der Waals surface area contributed by atoms with E-state index in [0.717, 1.165) is 4.90 Å². The molecule has 2 aliphatic heterocycles. The van der Waals surface area contributed by atoms with Crippen molar-refractivity contribution in [2.24, 2.45) is 0 Å². The summed E-state index contributed by atoms with van der Waals surface area (Å²) in [5.74, 6) is -3.05. The maximum absolute atomic E-state index is 12.9. The number of amides is 4. The molecule has 3 rings (SSSR count). The Morgan fingerprint density at radius 1 is 1.14 bits per heavy atom. The van der Waals surface area contributed by atoms with E-state index in [1.165, 1.54) is 6.07 Å². The van der Waals surface area contributed by atoms with Crippen molar-refractivity contribution in [3.63, 3.8) is 0 Å². The molecule has 154 valence electrons. The van der Waals surface area contributed by atoms with Crippen LogP contribution in [0.2, 0.25) is 0 Å². The van der Waals surface area contributed by atoms with E-state index >= 15 is 0 Å². The van der Waals surface area contributed by atoms with E-state index in [0.29, 0.717) is 6.42 Å². The van der Waals surface area contributed by atoms with Crippen LogP contribution in [-0.4, -0.2) is 65.5 Å². The third-order valence-corrected chi connectivity index (χ3v) is 4.58. The van der Waals surface area contributed by atoms with Gasteiger partial charge in [0.2, 0.25) is 11.8 Å². The Balaban J connectivity index is 1.63. The van der Waals surface area contributed by atoms with Gasteiger partial charge in [-0.25, -0.2) is 0 Å². The molecule has 1 atom stereocenters. The summed E-state index contributed by atoms with van der Waals surface area (Å²) in [6.45, 7) is 0.588. The molecule has 10 nitrogen and oxygen atoms in total. The number of piperidine rings is 1. The van der Waals surface area contributed by atoms with E-state index in [1.807, 2.05) is 0 Å². The van der Waals surface area contributed by atoms with Crippen LogP contribution in [0.25, 0.3) is 0 Å². The SMILES string of the molecule is O=C(O)CCOCCCOc1cccc2c1C(=O)N(C1CCC(=O)NC1=O)C2=O. The van der Waals surface area contributed by atoms with Crippen molar-refractivity contribution in [2.75, 3.05) is 19.8 Å². The molecule has 1 unspecified atom stereocenters. The van der Waals surface area contributed by atoms with E-state index in [1.54, 1.807) is 12.1 Å². The van der Waals surface area contributed by atoms with Gasteiger partial charge in [0.15, 0.2) is 0 Å². The summed E-state index contributed by atoms with van der Waals surface area (Å²) in [7, 11) is 0. The second kappa shape index (κ2) is 8.82. The van der Waals surface area contributed by atoms with E-state index in [2.05, 4.69) is 5.32 Å². The second-order valence-electron chi connectivity index (χ2n) is 6.58. The zero-order chi connectivity index (χ0) is 21.0. The second-order valence-corrected chi connectivity index (χ2v) is 6.58. The Hall–Kier alpha value is -3.27. The highest BCUT2D eigenvalue weighted by molar-refractivity contribution is 6.24. The van der Waals surface area contributed by atoms with Gasteiger partial charge in [-0.15, -0.1) is 0 Å². The van der Waals surface area contributed by atoms with Gasteiger partial charge < -0.3 is 14.6 Å². The Morgan fingerprint density at radius 2 is 1.93 bits per heavy atom. The zero-order valence-corrected chi connectivity index (χ0v) is 15.5. The first-order valence-corrected chi connectivity index (χ1v) is 9.17. The van der Waals surface area contributed by atoms with Gasteiger partial charge >= 0.3 is 5.97 Å². The number of nitrogens with zero attached hydrogens (tertiary/aromatic N) is 1. The smallest absolute Gasteiger partial charge is 0.305 e. The summed E-state index contributed by atoms with van der Waals surface area (Å²) >= 11 is 0. The fraction of sp³-hybridized carbons (Fsp3) is 0.421. The minimum atomic E-state index is -1.03. The number of benzene rings is 1. The fourth-order valence-electron chi connectivity index (χ4n) is 3.21. The van der Waals surface area contributed by atoms with Crippen molar-refractivity contribution in [1.29, 1.82) is 0 Å². The molecule has 0 bridgehead atoms. The predicted molar refractivity (Wildman–Crippen MR) is 96.3 cm³/mol. The first-order valence-electron chi connectivity index (χ1n) is 9.17. The van der Waals surface area contributed by atoms with Gasteiger partial charge in [-0.2, -0.15) is 0 Å². The highest BCUT2D eigenvalue weighted by Gasteiger charge is 2.45. The molecule has 0 spiro atoms. The average molecular weight is 404 g/mol. The molecule has 4 amide bonds. The van der Waals surface area contributed by atoms with Crippen LogP contribution < -0.4 is 10.1 Å². The van der Waals surface area contributed by atoms with Crippen LogP contribution >= 0.6 is 0 Å². The van der Waals surface area contributed by atoms with E-state index in [-0.39, 0.29) is 56.0 Å². The number of nitrogens with one attached hydrogen (secondary N) is 1. The molecule has 29 heavy (non-hydrogen) atoms. The van der Waals surface area contributed by atoms with Crippen molar-refractivity contribution in [3.05, 3.63) is 29.3 Å². The summed E-state index contributed by atoms with van der Waals surface area (Å²) in [4.78, 5) is 60.3. The summed E-state index contributed by atoms with van der Waals surface area (Å²) in [6.07, 6.45) is 0.511. The lowest BCUT2D eigenvalue weighted by atomic mass is 10.0. The molecule has 0 aliphatic carbocycles. The number of imide groups is 2. The van der Waals surface area contributed by atoms with Crippen molar-refractivity contribution < 1.29 is 38.6 Å². The molecule has 1 aromatic carbocycles. The lowest BCUT2D eigenvalue weighted by Crippen LogP contribution is -2.54. The molecule has 1 fully saturated rings. The molecule has 1 saturated heterocycles. The number of carboxylic acids is 1. The van der Waals surface area contributed by atoms with Gasteiger partial charge in [0.05, 0.1) is 30.8 Å². The number of hydrogen-bond acceptors (Lipinski definition) is 7. The van der Waals surface area contributed by atoms with Crippen LogP contribution in [0.15, 0.2) is 18.2 Å². The number of carbonyl (C=O) groups is 5. The van der Waals surface area contributed by atoms with Crippen LogP contribution in [0.3, 0.4) is 0 Å². The van der Waals surface area contributed by atoms with Gasteiger partial charge in [0.1, 0.15) is 11.8 Å². The number of ether oxygens (including phenoxy) is 2. The van der Waals surface area contributed by atoms with Gasteiger partial charge in [-0.3, -0.25) is 34.2 Å². The molecule has 0 saturated carbocycles. The van der Waals surface area contributed by atoms with Gasteiger partial charge in [-0.1, -0.05) is 6.07 Å². The summed E-state index contributed by atoms with van der Waals surface area (Å²) in [5, 5.41) is 10.7. The first-order chi connectivity index (χ1) is 13.9. The summed E-state index contributed by atoms with van der Waals surface area (Å²) in [6, 6.07) is 3.60. The summed E-state index contributed by atoms with van der Waals surface area (Å²) < 4.78 is 10.8. The third-order valence-electron chi connectivity index (χ3n) is 4.58. The number of carboxylic acid groups (broad SMARTS) is 1. The third kappa shape index (κ3) is 4.43. The maximum atomic E-state index is 12.9. The minimum Gasteiger partial charge on any atom is -0.493 e. The number of carbonyl (C=O) groups excluding carboxylic acids is 4. The quantitative estimate of drug-likeness (QED) is 0.444. The highest BCUT2D eigenvalue weighted by atomic mass is 16.5. The van der Waals surface area contributed by atoms with Crippen LogP contribution in [-0.2, 0) is 19.1 Å². The van der Waals surface area contributed by atoms with E-state index in [9.17, 15) is 24.0 Å². The van der Waals surface area contributed by atoms with Crippen LogP contribution in [0, 0.1) is 0 Å². The van der Waals surface area contributed by atoms with Crippen LogP contribution in [0.1, 0.15) is 46.4 Å². The lowest BCUT2D eigenvalue weighted by molar-refractivity contribution is -0.138. The van der Waals surface area contributed by atoms with E-state index < -0.39 is 35.6 Å². The first kappa shape index (κ1) is 20.5. The molecule has 2 N–H and O–H groups in total. The van der Waals surface area contributed by atoms with Gasteiger partial charge in [-0.05, 0) is 18.6 Å². The van der Waals surface area contributed by atoms with Crippen LogP contribution in [0.5, 0.6) is 5.75 Å². The maximum Gasteiger partial charge on any atom is 0.305 e. The highest BCUT2D eigenvalue weighted by Crippen LogP contribution is 2.33. The monoisotopic (exact) mass is 404 g/mol. The fourth-order valence-corrected chi connectivity index (χ4v) is 3.21. The Kier molecular flexibility index (Phi) is 6.23. The standard InChI is InChI=1S/C19H20N2O8/c22-14-6-5-12(17(25)20-14)21-18(26)11-3-1-4-13(16(11)19(21)27)29-9-2-8-28-10-7-15(23)24/h1,3-4,12H,2,5-10H2,(H,23,24)(H,20,22,25). The topological polar surface area (TPSA) is 139 Å². The number of hydrogen-bond donors (Lipinski definition) is 2. The molecule has 2 heterocycles. The normalized spacial score (nSPS) is 18.6. The lowest BCUT2D eigenvalue weighted by Gasteiger charge is -2.27. The molecular weight excluding hydrogens is 384 g/mol. The summed E-state index contributed by atoms with van der Waals surface area (Å²) in [5.41, 5.74) is 0.240. The molecular formula is C19H20N2O8. The predicted octanol–water partition coefficient (Wildman–Crippen LogP) is 0.348. The number of fused-ring (bicyclic) bond motifs is 1. The molecule has 0 radical (unpaired) electrons. The molecule has 1 aromatic rings. The molecule has 10 heteroatoms. The zero-order valence-electron chi connectivity index (χ0n) is 15.5. The van der Waals surface area contributed by atoms with Crippen molar-refractivity contribution >= 4 is 29.6 Å². The minimum absolute atomic E-state index is 0.0506. The average Bonchev–Trinajstić information content (AvgIpc) is 2.92. The number of rotatable bonds is 9. The van der Waals surface area contributed by atoms with E-state index in [4.69, 9.17) is 14.6 Å². The van der Waals surface area contributed by atoms with Crippen molar-refractivity contribution in [3.8, 4) is 5.75 Å². The van der Waals surface area contributed by atoms with Crippen molar-refractivity contribution in [1.82, 2.24) is 10.2 Å². The Labute approximate surface area is 165 Å². The number of aliphatic carboxylic acids is 1. The molecule has 0 aromatic heterocycles. The van der Waals surface area contributed by atoms with Crippen molar-refractivity contribution in [2.45, 2.75) is 31.7 Å². The van der Waals surface area contributed by atoms with Gasteiger partial charge in [0, 0.05) is 19.4 Å². The van der Waals surface area contributed by atoms with Gasteiger partial charge in [0.25, 0.3) is 11.8 Å². The van der Waals surface area contributed by atoms with Crippen LogP contribution in [0.4, 0.5) is 0 Å². The largest absolute Gasteiger partial charge is 0.493 e. The molecule has 2 aliphatic rings.